The van der Waals surface area contributed by atoms with Crippen molar-refractivity contribution in [3.05, 3.63) is 0 Å². The Hall–Kier alpha value is 0. The van der Waals surface area contributed by atoms with Gasteiger partial charge in [-0.15, -0.1) is 0 Å². The number of fused-ring (bicyclic) bond motifs is 1. The quantitative estimate of drug-likeness (QED) is 0.481. The van der Waals surface area contributed by atoms with Crippen LogP contribution in [0.4, 0.5) is 0 Å². The summed E-state index contributed by atoms with van der Waals surface area (Å²) in [6.07, 6.45) is 8.97. The van der Waals surface area contributed by atoms with Crippen LogP contribution in [0.1, 0.15) is 80.1 Å². The van der Waals surface area contributed by atoms with Crippen LogP contribution in [0.2, 0.25) is 0 Å². The molecule has 2 fully saturated rings. The first-order chi connectivity index (χ1) is 9.40. The van der Waals surface area contributed by atoms with E-state index < -0.39 is 0 Å². The fraction of sp³-hybridized carbons (Fsp3) is 1.00. The van der Waals surface area contributed by atoms with Crippen molar-refractivity contribution in [1.82, 2.24) is 0 Å². The molecule has 20 heavy (non-hydrogen) atoms. The zero-order valence-corrected chi connectivity index (χ0v) is 14.9. The number of hydrogen-bond donors (Lipinski definition) is 0. The van der Waals surface area contributed by atoms with Crippen molar-refractivity contribution >= 4 is 0 Å². The average molecular weight is 279 g/mol. The lowest BCUT2D eigenvalue weighted by Crippen LogP contribution is -2.17. The van der Waals surface area contributed by atoms with Gasteiger partial charge in [0.05, 0.1) is 0 Å². The van der Waals surface area contributed by atoms with Crippen molar-refractivity contribution in [3.63, 3.8) is 0 Å². The summed E-state index contributed by atoms with van der Waals surface area (Å²) in [6, 6.07) is 0. The smallest absolute Gasteiger partial charge is 0.0326 e. The summed E-state index contributed by atoms with van der Waals surface area (Å²) in [5, 5.41) is 0. The van der Waals surface area contributed by atoms with Gasteiger partial charge in [0.2, 0.25) is 0 Å². The minimum atomic E-state index is 0.865. The average Bonchev–Trinajstić information content (AvgIpc) is 2.89. The van der Waals surface area contributed by atoms with Gasteiger partial charge in [0.25, 0.3) is 0 Å². The molecule has 0 spiro atoms. The molecule has 0 aromatic rings. The summed E-state index contributed by atoms with van der Waals surface area (Å²) in [5.41, 5.74) is 0. The standard InChI is InChI=1S/C20H38/c1-13(2)7-9-17(16(6)11-14(3)4)12-19-18-10-8-15(5)20(18)19/h13-20H,7-12H2,1-6H3. The predicted octanol–water partition coefficient (Wildman–Crippen LogP) is 6.40. The molecule has 0 aromatic heterocycles. The highest BCUT2D eigenvalue weighted by molar-refractivity contribution is 5.04. The Morgan fingerprint density at radius 1 is 0.900 bits per heavy atom. The van der Waals surface area contributed by atoms with Crippen LogP contribution in [0.3, 0.4) is 0 Å². The maximum absolute atomic E-state index is 2.53. The Morgan fingerprint density at radius 2 is 1.60 bits per heavy atom. The molecule has 2 rings (SSSR count). The summed E-state index contributed by atoms with van der Waals surface area (Å²) in [5.74, 6) is 8.10. The molecule has 0 N–H and O–H groups in total. The second-order valence-corrected chi connectivity index (χ2v) is 9.03. The van der Waals surface area contributed by atoms with Gasteiger partial charge in [-0.25, -0.2) is 0 Å². The van der Waals surface area contributed by atoms with E-state index in [2.05, 4.69) is 41.5 Å². The molecule has 2 aliphatic rings. The summed E-state index contributed by atoms with van der Waals surface area (Å²) in [7, 11) is 0. The van der Waals surface area contributed by atoms with Gasteiger partial charge in [-0.2, -0.15) is 0 Å². The lowest BCUT2D eigenvalue weighted by Gasteiger charge is -2.27. The van der Waals surface area contributed by atoms with Gasteiger partial charge in [-0.1, -0.05) is 54.4 Å². The lowest BCUT2D eigenvalue weighted by atomic mass is 9.79. The van der Waals surface area contributed by atoms with Gasteiger partial charge in [0.15, 0.2) is 0 Å². The molecule has 6 unspecified atom stereocenters. The topological polar surface area (TPSA) is 0 Å². The second-order valence-electron chi connectivity index (χ2n) is 9.03. The fourth-order valence-corrected chi connectivity index (χ4v) is 5.17. The van der Waals surface area contributed by atoms with Crippen molar-refractivity contribution in [1.29, 1.82) is 0 Å². The maximum atomic E-state index is 2.53. The van der Waals surface area contributed by atoms with E-state index in [0.29, 0.717) is 0 Å². The first-order valence-corrected chi connectivity index (χ1v) is 9.40. The van der Waals surface area contributed by atoms with Crippen LogP contribution in [0.5, 0.6) is 0 Å². The van der Waals surface area contributed by atoms with Gasteiger partial charge >= 0.3 is 0 Å². The van der Waals surface area contributed by atoms with E-state index in [4.69, 9.17) is 0 Å². The van der Waals surface area contributed by atoms with Crippen LogP contribution >= 0.6 is 0 Å². The van der Waals surface area contributed by atoms with E-state index in [9.17, 15) is 0 Å². The molecule has 0 saturated heterocycles. The molecule has 6 atom stereocenters. The van der Waals surface area contributed by atoms with E-state index >= 15 is 0 Å². The third-order valence-electron chi connectivity index (χ3n) is 6.35. The summed E-state index contributed by atoms with van der Waals surface area (Å²) >= 11 is 0. The summed E-state index contributed by atoms with van der Waals surface area (Å²) < 4.78 is 0. The lowest BCUT2D eigenvalue weighted by molar-refractivity contribution is 0.236. The summed E-state index contributed by atoms with van der Waals surface area (Å²) in [6.45, 7) is 14.6. The largest absolute Gasteiger partial charge is 0.0628 e. The maximum Gasteiger partial charge on any atom is -0.0326 e. The van der Waals surface area contributed by atoms with Crippen molar-refractivity contribution < 1.29 is 0 Å². The van der Waals surface area contributed by atoms with E-state index in [1.807, 2.05) is 0 Å². The van der Waals surface area contributed by atoms with E-state index in [-0.39, 0.29) is 0 Å². The first kappa shape index (κ1) is 16.4. The van der Waals surface area contributed by atoms with Crippen LogP contribution in [0.25, 0.3) is 0 Å². The Morgan fingerprint density at radius 3 is 2.10 bits per heavy atom. The molecular formula is C20H38. The van der Waals surface area contributed by atoms with Gasteiger partial charge in [-0.3, -0.25) is 0 Å². The fourth-order valence-electron chi connectivity index (χ4n) is 5.17. The molecule has 0 bridgehead atoms. The first-order valence-electron chi connectivity index (χ1n) is 9.40. The highest BCUT2D eigenvalue weighted by Crippen LogP contribution is 2.63. The number of hydrogen-bond acceptors (Lipinski definition) is 0. The van der Waals surface area contributed by atoms with Crippen LogP contribution < -0.4 is 0 Å². The highest BCUT2D eigenvalue weighted by Gasteiger charge is 2.56. The van der Waals surface area contributed by atoms with Gasteiger partial charge in [0, 0.05) is 0 Å². The molecule has 0 aromatic carbocycles. The van der Waals surface area contributed by atoms with Crippen LogP contribution in [-0.4, -0.2) is 0 Å². The van der Waals surface area contributed by atoms with Crippen molar-refractivity contribution in [2.24, 2.45) is 47.3 Å². The van der Waals surface area contributed by atoms with Crippen molar-refractivity contribution in [2.75, 3.05) is 0 Å². The second kappa shape index (κ2) is 6.84. The van der Waals surface area contributed by atoms with Gasteiger partial charge in [0.1, 0.15) is 0 Å². The monoisotopic (exact) mass is 278 g/mol. The molecule has 2 aliphatic carbocycles. The molecule has 0 heteroatoms. The molecule has 0 heterocycles. The minimum absolute atomic E-state index is 0.865. The number of rotatable bonds is 8. The minimum Gasteiger partial charge on any atom is -0.0628 e. The Bertz CT molecular complexity index is 290. The van der Waals surface area contributed by atoms with Crippen LogP contribution in [0.15, 0.2) is 0 Å². The molecular weight excluding hydrogens is 240 g/mol. The molecule has 0 amide bonds. The predicted molar refractivity (Wildman–Crippen MR) is 89.7 cm³/mol. The normalized spacial score (nSPS) is 35.4. The van der Waals surface area contributed by atoms with Crippen molar-refractivity contribution in [3.8, 4) is 0 Å². The Kier molecular flexibility index (Phi) is 5.60. The van der Waals surface area contributed by atoms with E-state index in [1.54, 1.807) is 12.8 Å². The van der Waals surface area contributed by atoms with E-state index in [0.717, 1.165) is 47.3 Å². The van der Waals surface area contributed by atoms with Gasteiger partial charge < -0.3 is 0 Å². The van der Waals surface area contributed by atoms with Crippen LogP contribution in [-0.2, 0) is 0 Å². The third kappa shape index (κ3) is 4.01. The highest BCUT2D eigenvalue weighted by atomic mass is 14.6. The van der Waals surface area contributed by atoms with Crippen LogP contribution in [0, 0.1) is 47.3 Å². The molecule has 0 radical (unpaired) electrons. The van der Waals surface area contributed by atoms with Crippen molar-refractivity contribution in [2.45, 2.75) is 80.1 Å². The molecule has 0 nitrogen and oxygen atoms in total. The SMILES string of the molecule is CC(C)CCC(CC1C2CCC(C)C21)C(C)CC(C)C. The molecule has 2 saturated carbocycles. The Labute approximate surface area is 128 Å². The zero-order valence-electron chi connectivity index (χ0n) is 14.9. The molecule has 118 valence electrons. The summed E-state index contributed by atoms with van der Waals surface area (Å²) in [4.78, 5) is 0. The van der Waals surface area contributed by atoms with Gasteiger partial charge in [-0.05, 0) is 73.0 Å². The zero-order chi connectivity index (χ0) is 14.9. The van der Waals surface area contributed by atoms with E-state index in [1.165, 1.54) is 25.7 Å². The Balaban J connectivity index is 1.86. The third-order valence-corrected chi connectivity index (χ3v) is 6.35. The molecule has 0 aliphatic heterocycles.